The average Bonchev–Trinajstić information content (AvgIpc) is 3.86. The van der Waals surface area contributed by atoms with E-state index in [2.05, 4.69) is 28.2 Å². The number of fused-ring (bicyclic) bond motifs is 3. The predicted octanol–water partition coefficient (Wildman–Crippen LogP) is 9.39. The van der Waals surface area contributed by atoms with Crippen molar-refractivity contribution in [2.45, 2.75) is 90.9 Å². The van der Waals surface area contributed by atoms with Crippen molar-refractivity contribution in [3.63, 3.8) is 0 Å². The Morgan fingerprint density at radius 1 is 0.927 bits per heavy atom. The Balaban J connectivity index is 1.04. The van der Waals surface area contributed by atoms with Crippen LogP contribution in [-0.4, -0.2) is 51.8 Å². The van der Waals surface area contributed by atoms with Gasteiger partial charge in [0.25, 0.3) is 5.91 Å². The fourth-order valence-corrected chi connectivity index (χ4v) is 9.88. The monoisotopic (exact) mass is 758 g/mol. The molecular weight excluding hydrogens is 709 g/mol. The summed E-state index contributed by atoms with van der Waals surface area (Å²) in [6, 6.07) is 23.7. The van der Waals surface area contributed by atoms with Crippen molar-refractivity contribution < 1.29 is 24.2 Å². The van der Waals surface area contributed by atoms with Gasteiger partial charge in [-0.15, -0.1) is 0 Å². The molecule has 0 spiro atoms. The molecule has 286 valence electrons. The van der Waals surface area contributed by atoms with E-state index in [1.807, 2.05) is 87.5 Å². The van der Waals surface area contributed by atoms with Crippen LogP contribution in [0.1, 0.15) is 96.8 Å². The number of amides is 1. The number of carbonyl (C=O) groups is 2. The van der Waals surface area contributed by atoms with Gasteiger partial charge in [-0.05, 0) is 149 Å². The number of hydrogen-bond acceptors (Lipinski definition) is 9. The predicted molar refractivity (Wildman–Crippen MR) is 218 cm³/mol. The topological polar surface area (TPSA) is 114 Å². The quantitative estimate of drug-likeness (QED) is 0.136. The minimum atomic E-state index is -0.709. The Labute approximate surface area is 327 Å². The van der Waals surface area contributed by atoms with Crippen molar-refractivity contribution in [2.75, 3.05) is 23.4 Å². The normalized spacial score (nSPS) is 20.6. The number of pyridine rings is 1. The first-order valence-corrected chi connectivity index (χ1v) is 20.5. The third-order valence-corrected chi connectivity index (χ3v) is 12.5. The van der Waals surface area contributed by atoms with Gasteiger partial charge in [-0.2, -0.15) is 0 Å². The number of ether oxygens (including phenoxy) is 2. The fraction of sp³-hybridized carbons (Fsp3) is 0.422. The van der Waals surface area contributed by atoms with Crippen molar-refractivity contribution in [1.29, 1.82) is 0 Å². The van der Waals surface area contributed by atoms with Crippen LogP contribution in [0.15, 0.2) is 72.8 Å². The average molecular weight is 759 g/mol. The summed E-state index contributed by atoms with van der Waals surface area (Å²) in [4.78, 5) is 39.4. The summed E-state index contributed by atoms with van der Waals surface area (Å²) in [6.45, 7) is 9.08. The Kier molecular flexibility index (Phi) is 10.4. The van der Waals surface area contributed by atoms with Gasteiger partial charge < -0.3 is 19.5 Å². The highest BCUT2D eigenvalue weighted by atomic mass is 32.1. The number of aliphatic hydroxyl groups excluding tert-OH is 1. The number of rotatable bonds is 10. The summed E-state index contributed by atoms with van der Waals surface area (Å²) in [7, 11) is 0. The maximum absolute atomic E-state index is 13.9. The standard InChI is InChI=1S/C45H50N4O5S/c1-27-33(12-8-15-38(27)53-32-24-30-22-28(10-9-21-50)23-31(30)25-32)34-17-18-40(47-41(34)43(52)54-45(2,3)4)49-20-19-29-11-7-13-35(36(29)26-49)42(51)48-44-46-37-14-5-6-16-39(37)55-44/h5-8,11-18,28,30-32,50H,9-10,19-26H2,1-4H3,(H,46,48,51)/t28?,30-,31+,32?. The molecular formula is C45H50N4O5S. The number of para-hydroxylation sites is 1. The molecule has 2 aromatic heterocycles. The number of nitrogens with one attached hydrogen (secondary N) is 1. The minimum absolute atomic E-state index is 0.170. The number of carbonyl (C=O) groups excluding carboxylic acids is 2. The van der Waals surface area contributed by atoms with Crippen LogP contribution in [0.25, 0.3) is 21.3 Å². The van der Waals surface area contributed by atoms with Gasteiger partial charge in [-0.1, -0.05) is 47.7 Å². The number of aromatic nitrogens is 2. The molecule has 2 N–H and O–H groups in total. The highest BCUT2D eigenvalue weighted by molar-refractivity contribution is 7.22. The van der Waals surface area contributed by atoms with Crippen molar-refractivity contribution in [1.82, 2.24) is 9.97 Å². The van der Waals surface area contributed by atoms with Crippen LogP contribution in [0, 0.1) is 24.7 Å². The number of anilines is 2. The molecule has 10 heteroatoms. The molecule has 2 aliphatic carbocycles. The van der Waals surface area contributed by atoms with Gasteiger partial charge >= 0.3 is 5.97 Å². The van der Waals surface area contributed by atoms with Crippen molar-refractivity contribution in [3.8, 4) is 16.9 Å². The number of aliphatic hydroxyl groups is 1. The molecule has 5 aromatic rings. The number of nitrogens with zero attached hydrogens (tertiary/aromatic N) is 3. The van der Waals surface area contributed by atoms with E-state index in [-0.39, 0.29) is 24.3 Å². The van der Waals surface area contributed by atoms with Gasteiger partial charge in [0.1, 0.15) is 17.2 Å². The van der Waals surface area contributed by atoms with E-state index in [1.165, 1.54) is 24.2 Å². The van der Waals surface area contributed by atoms with E-state index in [1.54, 1.807) is 0 Å². The first-order chi connectivity index (χ1) is 26.5. The largest absolute Gasteiger partial charge is 0.490 e. The van der Waals surface area contributed by atoms with Crippen molar-refractivity contribution >= 4 is 44.4 Å². The molecule has 4 atom stereocenters. The first-order valence-electron chi connectivity index (χ1n) is 19.7. The summed E-state index contributed by atoms with van der Waals surface area (Å²) < 4.78 is 13.7. The van der Waals surface area contributed by atoms with Crippen LogP contribution in [0.3, 0.4) is 0 Å². The molecule has 0 saturated heterocycles. The molecule has 0 radical (unpaired) electrons. The molecule has 9 nitrogen and oxygen atoms in total. The van der Waals surface area contributed by atoms with Gasteiger partial charge in [-0.3, -0.25) is 10.1 Å². The van der Waals surface area contributed by atoms with E-state index in [9.17, 15) is 14.7 Å². The maximum atomic E-state index is 13.9. The molecule has 0 bridgehead atoms. The highest BCUT2D eigenvalue weighted by Gasteiger charge is 2.42. The molecule has 1 aliphatic heterocycles. The molecule has 3 aromatic carbocycles. The Bertz CT molecular complexity index is 2180. The number of thiazole rings is 1. The second-order valence-corrected chi connectivity index (χ2v) is 17.5. The lowest BCUT2D eigenvalue weighted by atomic mass is 9.94. The second kappa shape index (κ2) is 15.4. The summed E-state index contributed by atoms with van der Waals surface area (Å²) in [5.74, 6) is 2.92. The van der Waals surface area contributed by atoms with E-state index in [4.69, 9.17) is 14.5 Å². The first kappa shape index (κ1) is 37.1. The Hall–Kier alpha value is -4.80. The molecule has 55 heavy (non-hydrogen) atoms. The lowest BCUT2D eigenvalue weighted by Crippen LogP contribution is -2.33. The summed E-state index contributed by atoms with van der Waals surface area (Å²) in [6.07, 6.45) is 7.52. The van der Waals surface area contributed by atoms with Gasteiger partial charge in [0.05, 0.1) is 16.3 Å². The van der Waals surface area contributed by atoms with Crippen LogP contribution < -0.4 is 15.0 Å². The number of hydrogen-bond donors (Lipinski definition) is 2. The zero-order valence-electron chi connectivity index (χ0n) is 32.1. The van der Waals surface area contributed by atoms with Crippen molar-refractivity contribution in [2.24, 2.45) is 17.8 Å². The van der Waals surface area contributed by atoms with E-state index in [0.717, 1.165) is 76.2 Å². The van der Waals surface area contributed by atoms with E-state index < -0.39 is 11.6 Å². The van der Waals surface area contributed by atoms with Crippen LogP contribution in [0.2, 0.25) is 0 Å². The molecule has 2 fully saturated rings. The minimum Gasteiger partial charge on any atom is -0.490 e. The van der Waals surface area contributed by atoms with E-state index >= 15 is 0 Å². The van der Waals surface area contributed by atoms with Gasteiger partial charge in [0.2, 0.25) is 0 Å². The summed E-state index contributed by atoms with van der Waals surface area (Å²) in [5, 5.41) is 12.9. The Morgan fingerprint density at radius 2 is 1.71 bits per heavy atom. The highest BCUT2D eigenvalue weighted by Crippen LogP contribution is 2.49. The number of esters is 1. The second-order valence-electron chi connectivity index (χ2n) is 16.5. The molecule has 2 saturated carbocycles. The van der Waals surface area contributed by atoms with Crippen LogP contribution in [0.4, 0.5) is 10.9 Å². The van der Waals surface area contributed by atoms with E-state index in [0.29, 0.717) is 47.0 Å². The van der Waals surface area contributed by atoms with Crippen LogP contribution in [-0.2, 0) is 17.7 Å². The molecule has 8 rings (SSSR count). The maximum Gasteiger partial charge on any atom is 0.358 e. The fourth-order valence-electron chi connectivity index (χ4n) is 9.02. The van der Waals surface area contributed by atoms with Crippen LogP contribution >= 0.6 is 11.3 Å². The Morgan fingerprint density at radius 3 is 2.47 bits per heavy atom. The van der Waals surface area contributed by atoms with Gasteiger partial charge in [-0.25, -0.2) is 14.8 Å². The summed E-state index contributed by atoms with van der Waals surface area (Å²) in [5.41, 5.74) is 5.62. The smallest absolute Gasteiger partial charge is 0.358 e. The summed E-state index contributed by atoms with van der Waals surface area (Å²) >= 11 is 1.46. The molecule has 1 amide bonds. The van der Waals surface area contributed by atoms with Gasteiger partial charge in [0, 0.05) is 30.8 Å². The number of benzene rings is 3. The van der Waals surface area contributed by atoms with Crippen LogP contribution in [0.5, 0.6) is 5.75 Å². The third kappa shape index (κ3) is 7.98. The molecule has 2 unspecified atom stereocenters. The third-order valence-electron chi connectivity index (χ3n) is 11.5. The molecule has 3 aliphatic rings. The lowest BCUT2D eigenvalue weighted by molar-refractivity contribution is 0.00637. The molecule has 3 heterocycles. The zero-order valence-corrected chi connectivity index (χ0v) is 33.0. The lowest BCUT2D eigenvalue weighted by Gasteiger charge is -2.31. The van der Waals surface area contributed by atoms with Crippen molar-refractivity contribution in [3.05, 3.63) is 101 Å². The van der Waals surface area contributed by atoms with Gasteiger partial charge in [0.15, 0.2) is 10.8 Å². The SMILES string of the molecule is Cc1c(OC2C[C@H]3CC(CCCO)C[C@H]3C2)cccc1-c1ccc(N2CCc3cccc(C(=O)Nc4nc5ccccc5s4)c3C2)nc1C(=O)OC(C)(C)C. The zero-order chi connectivity index (χ0) is 38.3.